The van der Waals surface area contributed by atoms with Gasteiger partial charge in [-0.3, -0.25) is 4.79 Å². The lowest BCUT2D eigenvalue weighted by Crippen LogP contribution is -2.13. The fourth-order valence-corrected chi connectivity index (χ4v) is 3.09. The molecule has 7 heteroatoms. The lowest BCUT2D eigenvalue weighted by atomic mass is 10.1. The number of amides is 1. The van der Waals surface area contributed by atoms with Crippen LogP contribution in [0.4, 0.5) is 5.00 Å². The van der Waals surface area contributed by atoms with E-state index < -0.39 is 11.9 Å². The Labute approximate surface area is 133 Å². The molecular weight excluding hydrogens is 306 g/mol. The third-order valence-electron chi connectivity index (χ3n) is 3.17. The van der Waals surface area contributed by atoms with Crippen molar-refractivity contribution >= 4 is 34.2 Å². The summed E-state index contributed by atoms with van der Waals surface area (Å²) in [6, 6.07) is 0. The van der Waals surface area contributed by atoms with Crippen LogP contribution in [0, 0.1) is 6.92 Å². The van der Waals surface area contributed by atoms with Crippen LogP contribution in [-0.4, -0.2) is 32.1 Å². The van der Waals surface area contributed by atoms with Crippen LogP contribution in [-0.2, 0) is 14.3 Å². The predicted molar refractivity (Wildman–Crippen MR) is 84.5 cm³/mol. The van der Waals surface area contributed by atoms with Crippen LogP contribution >= 0.6 is 11.3 Å². The molecule has 0 bridgehead atoms. The fourth-order valence-electron chi connectivity index (χ4n) is 1.96. The minimum Gasteiger partial charge on any atom is -0.465 e. The van der Waals surface area contributed by atoms with Crippen LogP contribution in [0.3, 0.4) is 0 Å². The molecule has 1 aromatic rings. The van der Waals surface area contributed by atoms with Crippen molar-refractivity contribution in [3.63, 3.8) is 0 Å². The Kier molecular flexibility index (Phi) is 7.04. The molecule has 0 aliphatic heterocycles. The molecule has 22 heavy (non-hydrogen) atoms. The second-order valence-corrected chi connectivity index (χ2v) is 5.77. The van der Waals surface area contributed by atoms with Gasteiger partial charge < -0.3 is 14.8 Å². The van der Waals surface area contributed by atoms with Gasteiger partial charge in [-0.05, 0) is 18.9 Å². The summed E-state index contributed by atoms with van der Waals surface area (Å²) in [6.07, 6.45) is 3.14. The molecule has 1 rings (SSSR count). The first kappa shape index (κ1) is 18.2. The third kappa shape index (κ3) is 4.30. The quantitative estimate of drug-likeness (QED) is 0.614. The first-order chi connectivity index (χ1) is 10.5. The molecule has 0 fully saturated rings. The van der Waals surface area contributed by atoms with Crippen molar-refractivity contribution in [1.82, 2.24) is 0 Å². The second kappa shape index (κ2) is 8.53. The molecular formula is C15H21NO5S. The van der Waals surface area contributed by atoms with Gasteiger partial charge in [0.2, 0.25) is 5.91 Å². The third-order valence-corrected chi connectivity index (χ3v) is 4.35. The van der Waals surface area contributed by atoms with Gasteiger partial charge in [-0.1, -0.05) is 19.8 Å². The summed E-state index contributed by atoms with van der Waals surface area (Å²) in [6.45, 7) is 3.68. The number of rotatable bonds is 7. The molecule has 0 aromatic carbocycles. The molecule has 1 aromatic heterocycles. The number of ether oxygens (including phenoxy) is 2. The van der Waals surface area contributed by atoms with E-state index >= 15 is 0 Å². The van der Waals surface area contributed by atoms with Gasteiger partial charge in [0.05, 0.1) is 19.8 Å². The molecule has 122 valence electrons. The normalized spacial score (nSPS) is 10.2. The Morgan fingerprint density at radius 3 is 2.27 bits per heavy atom. The number of nitrogens with one attached hydrogen (secondary N) is 1. The molecule has 0 saturated heterocycles. The van der Waals surface area contributed by atoms with Crippen molar-refractivity contribution in [2.75, 3.05) is 19.5 Å². The highest BCUT2D eigenvalue weighted by Crippen LogP contribution is 2.34. The molecule has 0 atom stereocenters. The number of hydrogen-bond acceptors (Lipinski definition) is 6. The van der Waals surface area contributed by atoms with Gasteiger partial charge in [0, 0.05) is 6.42 Å². The Hall–Kier alpha value is -1.89. The molecule has 0 aliphatic rings. The maximum absolute atomic E-state index is 11.9. The van der Waals surface area contributed by atoms with Crippen LogP contribution in [0.25, 0.3) is 0 Å². The summed E-state index contributed by atoms with van der Waals surface area (Å²) in [7, 11) is 2.52. The summed E-state index contributed by atoms with van der Waals surface area (Å²) < 4.78 is 9.42. The SMILES string of the molecule is CCCCCC(=O)Nc1sc(C(=O)OC)c(C)c1C(=O)OC. The van der Waals surface area contributed by atoms with E-state index in [0.29, 0.717) is 17.0 Å². The number of methoxy groups -OCH3 is 2. The van der Waals surface area contributed by atoms with Gasteiger partial charge >= 0.3 is 11.9 Å². The van der Waals surface area contributed by atoms with Gasteiger partial charge in [0.1, 0.15) is 9.88 Å². The van der Waals surface area contributed by atoms with Crippen molar-refractivity contribution in [3.8, 4) is 0 Å². The fraction of sp³-hybridized carbons (Fsp3) is 0.533. The standard InChI is InChI=1S/C15H21NO5S/c1-5-6-7-8-10(17)16-13-11(14(18)20-3)9(2)12(22-13)15(19)21-4/h5-8H2,1-4H3,(H,16,17). The molecule has 0 aliphatic carbocycles. The smallest absolute Gasteiger partial charge is 0.348 e. The van der Waals surface area contributed by atoms with Crippen LogP contribution < -0.4 is 5.32 Å². The predicted octanol–water partition coefficient (Wildman–Crippen LogP) is 3.15. The maximum Gasteiger partial charge on any atom is 0.348 e. The van der Waals surface area contributed by atoms with Gasteiger partial charge in [0.25, 0.3) is 0 Å². The number of carbonyl (C=O) groups is 3. The van der Waals surface area contributed by atoms with Crippen molar-refractivity contribution in [1.29, 1.82) is 0 Å². The van der Waals surface area contributed by atoms with E-state index in [0.717, 1.165) is 30.6 Å². The van der Waals surface area contributed by atoms with Crippen LogP contribution in [0.5, 0.6) is 0 Å². The zero-order chi connectivity index (χ0) is 16.7. The number of thiophene rings is 1. The van der Waals surface area contributed by atoms with Gasteiger partial charge in [-0.25, -0.2) is 9.59 Å². The van der Waals surface area contributed by atoms with Crippen molar-refractivity contribution in [3.05, 3.63) is 16.0 Å². The van der Waals surface area contributed by atoms with E-state index in [9.17, 15) is 14.4 Å². The van der Waals surface area contributed by atoms with E-state index in [2.05, 4.69) is 17.0 Å². The van der Waals surface area contributed by atoms with E-state index in [1.807, 2.05) is 0 Å². The van der Waals surface area contributed by atoms with Gasteiger partial charge in [-0.15, -0.1) is 11.3 Å². The Bertz CT molecular complexity index is 565. The molecule has 1 heterocycles. The highest BCUT2D eigenvalue weighted by atomic mass is 32.1. The Morgan fingerprint density at radius 1 is 1.09 bits per heavy atom. The van der Waals surface area contributed by atoms with Crippen LogP contribution in [0.2, 0.25) is 0 Å². The average molecular weight is 327 g/mol. The molecule has 1 amide bonds. The average Bonchev–Trinajstić information content (AvgIpc) is 2.82. The Morgan fingerprint density at radius 2 is 1.73 bits per heavy atom. The number of hydrogen-bond donors (Lipinski definition) is 1. The maximum atomic E-state index is 11.9. The molecule has 0 radical (unpaired) electrons. The largest absolute Gasteiger partial charge is 0.465 e. The molecule has 0 spiro atoms. The highest BCUT2D eigenvalue weighted by molar-refractivity contribution is 7.18. The summed E-state index contributed by atoms with van der Waals surface area (Å²) in [4.78, 5) is 35.9. The number of carbonyl (C=O) groups excluding carboxylic acids is 3. The lowest BCUT2D eigenvalue weighted by Gasteiger charge is -2.05. The topological polar surface area (TPSA) is 81.7 Å². The van der Waals surface area contributed by atoms with Crippen molar-refractivity contribution < 1.29 is 23.9 Å². The number of esters is 2. The minimum absolute atomic E-state index is 0.184. The molecule has 6 nitrogen and oxygen atoms in total. The summed E-state index contributed by atoms with van der Waals surface area (Å²) in [5.74, 6) is -1.32. The number of unbranched alkanes of at least 4 members (excludes halogenated alkanes) is 2. The van der Waals surface area contributed by atoms with Gasteiger partial charge in [-0.2, -0.15) is 0 Å². The zero-order valence-corrected chi connectivity index (χ0v) is 14.1. The van der Waals surface area contributed by atoms with Crippen molar-refractivity contribution in [2.24, 2.45) is 0 Å². The van der Waals surface area contributed by atoms with Crippen LogP contribution in [0.1, 0.15) is 58.2 Å². The highest BCUT2D eigenvalue weighted by Gasteiger charge is 2.26. The first-order valence-electron chi connectivity index (χ1n) is 7.06. The molecule has 0 unspecified atom stereocenters. The first-order valence-corrected chi connectivity index (χ1v) is 7.87. The molecule has 0 saturated carbocycles. The van der Waals surface area contributed by atoms with Crippen molar-refractivity contribution in [2.45, 2.75) is 39.5 Å². The summed E-state index contributed by atoms with van der Waals surface area (Å²) >= 11 is 1.02. The summed E-state index contributed by atoms with van der Waals surface area (Å²) in [5, 5.41) is 3.02. The Balaban J connectivity index is 3.04. The summed E-state index contributed by atoms with van der Waals surface area (Å²) in [5.41, 5.74) is 0.657. The van der Waals surface area contributed by atoms with Crippen LogP contribution in [0.15, 0.2) is 0 Å². The minimum atomic E-state index is -0.590. The lowest BCUT2D eigenvalue weighted by molar-refractivity contribution is -0.116. The van der Waals surface area contributed by atoms with E-state index in [-0.39, 0.29) is 16.3 Å². The molecule has 1 N–H and O–H groups in total. The van der Waals surface area contributed by atoms with Gasteiger partial charge in [0.15, 0.2) is 0 Å². The zero-order valence-electron chi connectivity index (χ0n) is 13.3. The van der Waals surface area contributed by atoms with E-state index in [1.165, 1.54) is 14.2 Å². The monoisotopic (exact) mass is 327 g/mol. The van der Waals surface area contributed by atoms with E-state index in [1.54, 1.807) is 6.92 Å². The van der Waals surface area contributed by atoms with E-state index in [4.69, 9.17) is 4.74 Å². The second-order valence-electron chi connectivity index (χ2n) is 4.75. The number of anilines is 1.